The first-order valence-electron chi connectivity index (χ1n) is 5.06. The van der Waals surface area contributed by atoms with Gasteiger partial charge in [-0.3, -0.25) is 4.79 Å². The third-order valence-electron chi connectivity index (χ3n) is 2.16. The first kappa shape index (κ1) is 14.3. The highest BCUT2D eigenvalue weighted by Gasteiger charge is 2.27. The Morgan fingerprint density at radius 3 is 2.20 bits per heavy atom. The maximum Gasteiger partial charge on any atom is 0.139 e. The van der Waals surface area contributed by atoms with Gasteiger partial charge in [0.2, 0.25) is 0 Å². The lowest BCUT2D eigenvalue weighted by atomic mass is 9.92. The number of nitrogens with one attached hydrogen (secondary N) is 1. The van der Waals surface area contributed by atoms with Crippen molar-refractivity contribution < 1.29 is 15.0 Å². The minimum Gasteiger partial charge on any atom is -0.389 e. The molecule has 88 valence electrons. The van der Waals surface area contributed by atoms with Gasteiger partial charge in [0, 0.05) is 6.54 Å². The number of hydrogen-bond donors (Lipinski definition) is 3. The summed E-state index contributed by atoms with van der Waals surface area (Å²) in [5.74, 6) is -0.766. The summed E-state index contributed by atoms with van der Waals surface area (Å²) in [6.45, 7) is 5.39. The lowest BCUT2D eigenvalue weighted by Crippen LogP contribution is -2.41. The Balaban J connectivity index is 4.62. The first-order valence-corrected chi connectivity index (χ1v) is 5.06. The van der Waals surface area contributed by atoms with Gasteiger partial charge in [-0.1, -0.05) is 11.6 Å². The van der Waals surface area contributed by atoms with Crippen molar-refractivity contribution in [2.45, 2.75) is 33.0 Å². The summed E-state index contributed by atoms with van der Waals surface area (Å²) < 4.78 is 0. The van der Waals surface area contributed by atoms with Gasteiger partial charge in [-0.15, -0.1) is 0 Å². The summed E-state index contributed by atoms with van der Waals surface area (Å²) in [5, 5.41) is 22.1. The molecule has 0 saturated heterocycles. The van der Waals surface area contributed by atoms with Crippen molar-refractivity contribution in [3.8, 4) is 0 Å². The van der Waals surface area contributed by atoms with E-state index in [1.165, 1.54) is 6.92 Å². The van der Waals surface area contributed by atoms with E-state index in [-0.39, 0.29) is 12.3 Å². The summed E-state index contributed by atoms with van der Waals surface area (Å²) in [4.78, 5) is 11.3. The van der Waals surface area contributed by atoms with E-state index in [0.717, 1.165) is 5.57 Å². The summed E-state index contributed by atoms with van der Waals surface area (Å²) in [7, 11) is 1.68. The van der Waals surface area contributed by atoms with Crippen LogP contribution in [0.4, 0.5) is 0 Å². The van der Waals surface area contributed by atoms with Crippen LogP contribution in [0.15, 0.2) is 11.6 Å². The molecule has 0 aromatic rings. The lowest BCUT2D eigenvalue weighted by molar-refractivity contribution is -0.125. The highest BCUT2D eigenvalue weighted by Crippen LogP contribution is 2.13. The Morgan fingerprint density at radius 2 is 1.87 bits per heavy atom. The Labute approximate surface area is 91.0 Å². The summed E-state index contributed by atoms with van der Waals surface area (Å²) >= 11 is 0. The van der Waals surface area contributed by atoms with Crippen LogP contribution in [-0.2, 0) is 4.79 Å². The topological polar surface area (TPSA) is 69.6 Å². The standard InChI is InChI=1S/C11H21NO3/c1-7(2)5-9(8(3)13)11(15)10(14)6-12-4/h5,9-12,14-15H,6H2,1-4H3. The molecular formula is C11H21NO3. The van der Waals surface area contributed by atoms with Gasteiger partial charge in [0.05, 0.1) is 18.1 Å². The molecule has 4 nitrogen and oxygen atoms in total. The number of Topliss-reactive ketones (excluding diaryl/α,β-unsaturated/α-hetero) is 1. The van der Waals surface area contributed by atoms with Crippen molar-refractivity contribution in [3.05, 3.63) is 11.6 Å². The van der Waals surface area contributed by atoms with E-state index in [4.69, 9.17) is 0 Å². The number of ketones is 1. The van der Waals surface area contributed by atoms with Gasteiger partial charge in [-0.2, -0.15) is 0 Å². The number of likely N-dealkylation sites (N-methyl/N-ethyl adjacent to an activating group) is 1. The summed E-state index contributed by atoms with van der Waals surface area (Å²) in [6, 6.07) is 0. The van der Waals surface area contributed by atoms with Gasteiger partial charge in [0.25, 0.3) is 0 Å². The Bertz CT molecular complexity index is 234. The van der Waals surface area contributed by atoms with Crippen LogP contribution in [0.2, 0.25) is 0 Å². The highest BCUT2D eigenvalue weighted by molar-refractivity contribution is 5.80. The van der Waals surface area contributed by atoms with Crippen LogP contribution in [-0.4, -0.2) is 41.8 Å². The zero-order valence-corrected chi connectivity index (χ0v) is 9.82. The molecule has 0 amide bonds. The van der Waals surface area contributed by atoms with Crippen LogP contribution in [0.25, 0.3) is 0 Å². The second-order valence-electron chi connectivity index (χ2n) is 4.00. The fourth-order valence-electron chi connectivity index (χ4n) is 1.38. The molecule has 0 saturated carbocycles. The Kier molecular flexibility index (Phi) is 6.40. The van der Waals surface area contributed by atoms with Crippen LogP contribution < -0.4 is 5.32 Å². The SMILES string of the molecule is CNCC(O)C(O)C(C=C(C)C)C(C)=O. The van der Waals surface area contributed by atoms with Crippen LogP contribution >= 0.6 is 0 Å². The minimum atomic E-state index is -1.05. The molecule has 3 unspecified atom stereocenters. The molecule has 0 rings (SSSR count). The molecule has 0 aromatic heterocycles. The van der Waals surface area contributed by atoms with Crippen LogP contribution in [0, 0.1) is 5.92 Å². The number of carbonyl (C=O) groups is 1. The second-order valence-corrected chi connectivity index (χ2v) is 4.00. The zero-order chi connectivity index (χ0) is 12.0. The number of aliphatic hydroxyl groups is 2. The number of rotatable bonds is 6. The van der Waals surface area contributed by atoms with E-state index in [9.17, 15) is 15.0 Å². The second kappa shape index (κ2) is 6.71. The van der Waals surface area contributed by atoms with Crippen molar-refractivity contribution in [1.82, 2.24) is 5.32 Å². The van der Waals surface area contributed by atoms with Gasteiger partial charge < -0.3 is 15.5 Å². The molecule has 3 atom stereocenters. The molecule has 0 spiro atoms. The number of aliphatic hydroxyl groups excluding tert-OH is 2. The molecule has 3 N–H and O–H groups in total. The predicted octanol–water partition coefficient (Wildman–Crippen LogP) is 0.0990. The monoisotopic (exact) mass is 215 g/mol. The van der Waals surface area contributed by atoms with Gasteiger partial charge in [-0.25, -0.2) is 0 Å². The fourth-order valence-corrected chi connectivity index (χ4v) is 1.38. The van der Waals surface area contributed by atoms with E-state index in [1.54, 1.807) is 13.1 Å². The molecule has 0 radical (unpaired) electrons. The largest absolute Gasteiger partial charge is 0.389 e. The molecule has 0 aliphatic rings. The highest BCUT2D eigenvalue weighted by atomic mass is 16.3. The average Bonchev–Trinajstić information content (AvgIpc) is 2.12. The van der Waals surface area contributed by atoms with Gasteiger partial charge in [0.1, 0.15) is 5.78 Å². The number of carbonyl (C=O) groups excluding carboxylic acids is 1. The zero-order valence-electron chi connectivity index (χ0n) is 9.82. The van der Waals surface area contributed by atoms with E-state index >= 15 is 0 Å². The van der Waals surface area contributed by atoms with Crippen molar-refractivity contribution in [2.24, 2.45) is 5.92 Å². The van der Waals surface area contributed by atoms with Crippen molar-refractivity contribution in [1.29, 1.82) is 0 Å². The normalized spacial score (nSPS) is 16.7. The average molecular weight is 215 g/mol. The fraction of sp³-hybridized carbons (Fsp3) is 0.727. The maximum absolute atomic E-state index is 11.3. The predicted molar refractivity (Wildman–Crippen MR) is 59.5 cm³/mol. The van der Waals surface area contributed by atoms with E-state index in [1.807, 2.05) is 13.8 Å². The third-order valence-corrected chi connectivity index (χ3v) is 2.16. The lowest BCUT2D eigenvalue weighted by Gasteiger charge is -2.23. The van der Waals surface area contributed by atoms with Crippen molar-refractivity contribution in [2.75, 3.05) is 13.6 Å². The molecule has 0 heterocycles. The quantitative estimate of drug-likeness (QED) is 0.550. The van der Waals surface area contributed by atoms with Gasteiger partial charge in [-0.05, 0) is 27.8 Å². The number of hydrogen-bond acceptors (Lipinski definition) is 4. The third kappa shape index (κ3) is 5.06. The maximum atomic E-state index is 11.3. The molecule has 0 fully saturated rings. The van der Waals surface area contributed by atoms with Gasteiger partial charge >= 0.3 is 0 Å². The van der Waals surface area contributed by atoms with E-state index in [0.29, 0.717) is 0 Å². The van der Waals surface area contributed by atoms with Gasteiger partial charge in [0.15, 0.2) is 0 Å². The molecule has 0 aliphatic carbocycles. The van der Waals surface area contributed by atoms with Crippen LogP contribution in [0.5, 0.6) is 0 Å². The molecule has 4 heteroatoms. The molecule has 0 aromatic carbocycles. The molecule has 15 heavy (non-hydrogen) atoms. The molecule has 0 bridgehead atoms. The summed E-state index contributed by atoms with van der Waals surface area (Å²) in [6.07, 6.45) is -0.296. The van der Waals surface area contributed by atoms with E-state index in [2.05, 4.69) is 5.32 Å². The smallest absolute Gasteiger partial charge is 0.139 e. The minimum absolute atomic E-state index is 0.140. The number of allylic oxidation sites excluding steroid dienone is 1. The van der Waals surface area contributed by atoms with Crippen molar-refractivity contribution >= 4 is 5.78 Å². The first-order chi connectivity index (χ1) is 6.90. The van der Waals surface area contributed by atoms with Crippen LogP contribution in [0.1, 0.15) is 20.8 Å². The Morgan fingerprint density at radius 1 is 1.33 bits per heavy atom. The summed E-state index contributed by atoms with van der Waals surface area (Å²) in [5.41, 5.74) is 0.950. The van der Waals surface area contributed by atoms with Crippen molar-refractivity contribution in [3.63, 3.8) is 0 Å². The molecular weight excluding hydrogens is 194 g/mol. The van der Waals surface area contributed by atoms with E-state index < -0.39 is 18.1 Å². The Hall–Kier alpha value is -0.710. The molecule has 0 aliphatic heterocycles. The van der Waals surface area contributed by atoms with Crippen LogP contribution in [0.3, 0.4) is 0 Å².